The highest BCUT2D eigenvalue weighted by Gasteiger charge is 2.30. The fourth-order valence-corrected chi connectivity index (χ4v) is 11.2. The number of hydrogen-bond donors (Lipinski definition) is 2. The number of thiophene rings is 1. The minimum Gasteiger partial charge on any atom is -0.398 e. The molecule has 1 aliphatic rings. The summed E-state index contributed by atoms with van der Waals surface area (Å²) in [7, 11) is -0.772. The number of anilines is 2. The Morgan fingerprint density at radius 1 is 0.641 bits per heavy atom. The molecule has 1 aromatic heterocycles. The molecule has 0 aliphatic carbocycles. The van der Waals surface area contributed by atoms with E-state index >= 15 is 0 Å². The van der Waals surface area contributed by atoms with Crippen molar-refractivity contribution in [1.82, 2.24) is 0 Å². The third kappa shape index (κ3) is 3.75. The average molecular weight is 555 g/mol. The van der Waals surface area contributed by atoms with E-state index < -0.39 is 7.27 Å². The van der Waals surface area contributed by atoms with Crippen molar-refractivity contribution >= 4 is 77.6 Å². The lowest BCUT2D eigenvalue weighted by atomic mass is 9.92. The van der Waals surface area contributed by atoms with E-state index in [1.54, 1.807) is 0 Å². The Morgan fingerprint density at radius 3 is 2.28 bits per heavy atom. The van der Waals surface area contributed by atoms with Crippen LogP contribution in [0.5, 0.6) is 0 Å². The number of nitrogens with one attached hydrogen (secondary N) is 1. The van der Waals surface area contributed by atoms with E-state index in [2.05, 4.69) is 120 Å². The molecule has 8 rings (SSSR count). The smallest absolute Gasteiger partial charge is 0.0878 e. The molecule has 5 heteroatoms. The predicted octanol–water partition coefficient (Wildman–Crippen LogP) is 10.3. The number of hydrogen-bond acceptors (Lipinski definition) is 4. The summed E-state index contributed by atoms with van der Waals surface area (Å²) in [5.41, 5.74) is 13.5. The number of benzene rings is 6. The molecule has 0 spiro atoms. The molecule has 7 aromatic rings. The predicted molar refractivity (Wildman–Crippen MR) is 175 cm³/mol. The zero-order valence-electron chi connectivity index (χ0n) is 20.9. The van der Waals surface area contributed by atoms with E-state index in [1.807, 2.05) is 28.8 Å². The van der Waals surface area contributed by atoms with Crippen LogP contribution in [0.2, 0.25) is 0 Å². The molecule has 0 bridgehead atoms. The second-order valence-corrected chi connectivity index (χ2v) is 14.4. The van der Waals surface area contributed by atoms with E-state index in [0.717, 1.165) is 16.8 Å². The Kier molecular flexibility index (Phi) is 5.41. The van der Waals surface area contributed by atoms with Gasteiger partial charge >= 0.3 is 0 Å². The minimum absolute atomic E-state index is 0.772. The van der Waals surface area contributed by atoms with E-state index in [0.29, 0.717) is 0 Å². The molecule has 6 aromatic carbocycles. The summed E-state index contributed by atoms with van der Waals surface area (Å²) < 4.78 is 2.69. The zero-order valence-corrected chi connectivity index (χ0v) is 23.4. The van der Waals surface area contributed by atoms with Crippen molar-refractivity contribution in [3.63, 3.8) is 0 Å². The van der Waals surface area contributed by atoms with Crippen LogP contribution in [-0.2, 0) is 0 Å². The third-order valence-electron chi connectivity index (χ3n) is 7.43. The first kappa shape index (κ1) is 23.1. The highest BCUT2D eigenvalue weighted by atomic mass is 32.7. The molecule has 1 aliphatic heterocycles. The largest absolute Gasteiger partial charge is 0.398 e. The maximum absolute atomic E-state index is 6.79. The molecule has 3 N–H and O–H groups in total. The molecule has 2 heterocycles. The topological polar surface area (TPSA) is 38.0 Å². The van der Waals surface area contributed by atoms with Gasteiger partial charge in [-0.05, 0) is 63.9 Å². The Morgan fingerprint density at radius 2 is 1.41 bits per heavy atom. The van der Waals surface area contributed by atoms with Crippen molar-refractivity contribution in [2.45, 2.75) is 4.90 Å². The Balaban J connectivity index is 1.35. The lowest BCUT2D eigenvalue weighted by Crippen LogP contribution is -2.09. The lowest BCUT2D eigenvalue weighted by Gasteiger charge is -2.21. The maximum Gasteiger partial charge on any atom is 0.0878 e. The minimum atomic E-state index is -0.772. The molecule has 0 fully saturated rings. The van der Waals surface area contributed by atoms with E-state index in [-0.39, 0.29) is 0 Å². The maximum atomic E-state index is 6.79. The number of rotatable bonds is 3. The lowest BCUT2D eigenvalue weighted by molar-refractivity contribution is 1.59. The van der Waals surface area contributed by atoms with Gasteiger partial charge in [0, 0.05) is 41.6 Å². The molecule has 1 atom stereocenters. The van der Waals surface area contributed by atoms with Crippen LogP contribution < -0.4 is 16.1 Å². The quantitative estimate of drug-likeness (QED) is 0.169. The van der Waals surface area contributed by atoms with Crippen molar-refractivity contribution < 1.29 is 0 Å². The molecule has 2 nitrogen and oxygen atoms in total. The van der Waals surface area contributed by atoms with Crippen molar-refractivity contribution in [1.29, 1.82) is 0 Å². The van der Waals surface area contributed by atoms with Gasteiger partial charge in [-0.3, -0.25) is 0 Å². The van der Waals surface area contributed by atoms with Crippen molar-refractivity contribution in [2.75, 3.05) is 10.8 Å². The van der Waals surface area contributed by atoms with Crippen molar-refractivity contribution in [3.8, 4) is 22.3 Å². The van der Waals surface area contributed by atoms with Crippen LogP contribution in [0, 0.1) is 0 Å². The fraction of sp³-hybridized carbons (Fsp3) is 0. The summed E-state index contributed by atoms with van der Waals surface area (Å²) in [6, 6.07) is 43.5. The highest BCUT2D eigenvalue weighted by Crippen LogP contribution is 2.65. The average Bonchev–Trinajstić information content (AvgIpc) is 3.58. The molecule has 39 heavy (non-hydrogen) atoms. The Bertz CT molecular complexity index is 2050. The summed E-state index contributed by atoms with van der Waals surface area (Å²) in [4.78, 5) is 1.36. The van der Waals surface area contributed by atoms with Gasteiger partial charge in [-0.1, -0.05) is 96.3 Å². The Hall–Kier alpha value is -3.82. The summed E-state index contributed by atoms with van der Waals surface area (Å²) >= 11 is 3.86. The van der Waals surface area contributed by atoms with Gasteiger partial charge in [0.05, 0.1) is 13.0 Å². The molecular weight excluding hydrogens is 531 g/mol. The molecular formula is C34H23N2PS2. The summed E-state index contributed by atoms with van der Waals surface area (Å²) in [6.07, 6.45) is 0. The van der Waals surface area contributed by atoms with Crippen LogP contribution >= 0.6 is 30.0 Å². The first-order chi connectivity index (χ1) is 19.2. The standard InChI is InChI=1S/C34H23N2PS2/c35-27-15-8-14-24(21-9-2-1-3-10-21)32(27)26-19-22-11-4-5-12-23(22)20-29(26)37-36-28-17-18-31-33(34(28)39-37)25-13-6-7-16-30(25)38-31/h1-20,36H,35H2. The monoisotopic (exact) mass is 554 g/mol. The molecule has 1 unspecified atom stereocenters. The van der Waals surface area contributed by atoms with Crippen LogP contribution in [0.1, 0.15) is 0 Å². The third-order valence-corrected chi connectivity index (χ3v) is 12.6. The van der Waals surface area contributed by atoms with Crippen LogP contribution in [0.3, 0.4) is 0 Å². The molecule has 0 amide bonds. The van der Waals surface area contributed by atoms with Gasteiger partial charge in [0.2, 0.25) is 0 Å². The second kappa shape index (κ2) is 9.14. The zero-order chi connectivity index (χ0) is 25.9. The van der Waals surface area contributed by atoms with Crippen LogP contribution in [-0.4, -0.2) is 0 Å². The van der Waals surface area contributed by atoms with E-state index in [4.69, 9.17) is 5.73 Å². The molecule has 0 saturated carbocycles. The van der Waals surface area contributed by atoms with Gasteiger partial charge in [0.15, 0.2) is 0 Å². The Labute approximate surface area is 236 Å². The summed E-state index contributed by atoms with van der Waals surface area (Å²) in [6.45, 7) is 0. The van der Waals surface area contributed by atoms with Crippen molar-refractivity contribution in [3.05, 3.63) is 121 Å². The van der Waals surface area contributed by atoms with E-state index in [9.17, 15) is 0 Å². The summed E-state index contributed by atoms with van der Waals surface area (Å²) in [5.74, 6) is 0. The van der Waals surface area contributed by atoms with Gasteiger partial charge in [0.1, 0.15) is 0 Å². The number of nitrogens with two attached hydrogens (primary N) is 1. The van der Waals surface area contributed by atoms with Gasteiger partial charge in [-0.15, -0.1) is 11.3 Å². The van der Waals surface area contributed by atoms with Gasteiger partial charge in [0.25, 0.3) is 0 Å². The van der Waals surface area contributed by atoms with Crippen LogP contribution in [0.4, 0.5) is 11.4 Å². The second-order valence-electron chi connectivity index (χ2n) is 9.76. The highest BCUT2D eigenvalue weighted by molar-refractivity contribution is 8.59. The first-order valence-electron chi connectivity index (χ1n) is 12.9. The molecule has 0 radical (unpaired) electrons. The van der Waals surface area contributed by atoms with Gasteiger partial charge in [-0.25, -0.2) is 0 Å². The fourth-order valence-electron chi connectivity index (χ4n) is 5.63. The molecule has 0 saturated heterocycles. The molecule has 186 valence electrons. The van der Waals surface area contributed by atoms with Gasteiger partial charge in [-0.2, -0.15) is 0 Å². The summed E-state index contributed by atoms with van der Waals surface area (Å²) in [5, 5.41) is 10.5. The van der Waals surface area contributed by atoms with Crippen LogP contribution in [0.25, 0.3) is 53.2 Å². The number of nitrogen functional groups attached to an aromatic ring is 1. The van der Waals surface area contributed by atoms with Crippen LogP contribution in [0.15, 0.2) is 126 Å². The van der Waals surface area contributed by atoms with E-state index in [1.165, 1.54) is 58.0 Å². The van der Waals surface area contributed by atoms with Crippen molar-refractivity contribution in [2.24, 2.45) is 0 Å². The first-order valence-corrected chi connectivity index (χ1v) is 16.5. The normalized spacial score (nSPS) is 14.6. The SMILES string of the molecule is Nc1cccc(-c2ccccc2)c1-c1cc2ccccc2cc1P1Nc2ccc3sc4ccccc4c3c2S1. The number of fused-ring (bicyclic) bond motifs is 6. The van der Waals surface area contributed by atoms with Gasteiger partial charge < -0.3 is 10.8 Å².